The van der Waals surface area contributed by atoms with Crippen LogP contribution < -0.4 is 4.74 Å². The second-order valence-electron chi connectivity index (χ2n) is 4.43. The minimum absolute atomic E-state index is 0.327. The fraction of sp³-hybridized carbons (Fsp3) is 0.500. The molecular formula is C14H18O2. The SMILES string of the molecule is [2H]c1cc(C=O)cc(OCC2CCCCC2)c1. The number of hydrogen-bond acceptors (Lipinski definition) is 2. The number of aldehydes is 1. The number of carbonyl (C=O) groups excluding carboxylic acids is 1. The van der Waals surface area contributed by atoms with Gasteiger partial charge in [-0.25, -0.2) is 0 Å². The number of hydrogen-bond donors (Lipinski definition) is 0. The predicted octanol–water partition coefficient (Wildman–Crippen LogP) is 3.46. The lowest BCUT2D eigenvalue weighted by atomic mass is 9.90. The van der Waals surface area contributed by atoms with Crippen LogP contribution in [0.5, 0.6) is 5.75 Å². The summed E-state index contributed by atoms with van der Waals surface area (Å²) in [5, 5.41) is 0. The standard InChI is InChI=1S/C14H18O2/c15-10-13-7-4-8-14(9-13)16-11-12-5-2-1-3-6-12/h4,7-10,12H,1-3,5-6,11H2/i4D. The summed E-state index contributed by atoms with van der Waals surface area (Å²) in [5.74, 6) is 1.28. The number of rotatable bonds is 4. The summed E-state index contributed by atoms with van der Waals surface area (Å²) in [4.78, 5) is 10.7. The van der Waals surface area contributed by atoms with Gasteiger partial charge in [-0.3, -0.25) is 4.79 Å². The zero-order valence-corrected chi connectivity index (χ0v) is 9.45. The van der Waals surface area contributed by atoms with Crippen molar-refractivity contribution >= 4 is 6.29 Å². The van der Waals surface area contributed by atoms with Gasteiger partial charge in [0.25, 0.3) is 0 Å². The Bertz CT molecular complexity index is 384. The molecule has 0 N–H and O–H groups in total. The molecule has 86 valence electrons. The van der Waals surface area contributed by atoms with Gasteiger partial charge >= 0.3 is 0 Å². The van der Waals surface area contributed by atoms with Crippen LogP contribution in [-0.4, -0.2) is 12.9 Å². The van der Waals surface area contributed by atoms with Crippen LogP contribution in [-0.2, 0) is 0 Å². The highest BCUT2D eigenvalue weighted by molar-refractivity contribution is 5.75. The van der Waals surface area contributed by atoms with E-state index in [4.69, 9.17) is 6.11 Å². The Hall–Kier alpha value is -1.31. The van der Waals surface area contributed by atoms with Gasteiger partial charge in [0.2, 0.25) is 0 Å². The molecule has 0 heterocycles. The highest BCUT2D eigenvalue weighted by Gasteiger charge is 2.13. The largest absolute Gasteiger partial charge is 0.493 e. The van der Waals surface area contributed by atoms with Gasteiger partial charge < -0.3 is 4.74 Å². The Kier molecular flexibility index (Phi) is 3.51. The smallest absolute Gasteiger partial charge is 0.150 e. The molecule has 0 aromatic heterocycles. The van der Waals surface area contributed by atoms with Gasteiger partial charge in [-0.1, -0.05) is 31.4 Å². The fourth-order valence-electron chi connectivity index (χ4n) is 2.19. The summed E-state index contributed by atoms with van der Waals surface area (Å²) in [6.45, 7) is 0.710. The van der Waals surface area contributed by atoms with Gasteiger partial charge in [0.15, 0.2) is 0 Å². The molecule has 1 aromatic rings. The molecule has 1 aliphatic carbocycles. The van der Waals surface area contributed by atoms with Crippen molar-refractivity contribution in [3.8, 4) is 5.75 Å². The molecule has 0 aliphatic heterocycles. The van der Waals surface area contributed by atoms with Crippen molar-refractivity contribution in [1.82, 2.24) is 0 Å². The summed E-state index contributed by atoms with van der Waals surface area (Å²) in [7, 11) is 0. The van der Waals surface area contributed by atoms with Gasteiger partial charge in [0, 0.05) is 5.56 Å². The predicted molar refractivity (Wildman–Crippen MR) is 63.9 cm³/mol. The summed E-state index contributed by atoms with van der Waals surface area (Å²) in [6.07, 6.45) is 7.17. The second-order valence-corrected chi connectivity index (χ2v) is 4.43. The molecular weight excluding hydrogens is 200 g/mol. The van der Waals surface area contributed by atoms with E-state index in [1.807, 2.05) is 0 Å². The molecule has 0 spiro atoms. The van der Waals surface area contributed by atoms with E-state index < -0.39 is 0 Å². The van der Waals surface area contributed by atoms with Crippen LogP contribution in [0, 0.1) is 5.92 Å². The minimum atomic E-state index is 0.327. The fourth-order valence-corrected chi connectivity index (χ4v) is 2.19. The third-order valence-electron chi connectivity index (χ3n) is 3.13. The zero-order chi connectivity index (χ0) is 12.1. The zero-order valence-electron chi connectivity index (χ0n) is 10.4. The topological polar surface area (TPSA) is 26.3 Å². The molecule has 1 aromatic carbocycles. The molecule has 1 saturated carbocycles. The lowest BCUT2D eigenvalue weighted by Crippen LogP contribution is -2.15. The first-order chi connectivity index (χ1) is 8.28. The van der Waals surface area contributed by atoms with Gasteiger partial charge in [-0.15, -0.1) is 0 Å². The molecule has 1 aliphatic rings. The Morgan fingerprint density at radius 1 is 1.38 bits per heavy atom. The third kappa shape index (κ3) is 3.09. The van der Waals surface area contributed by atoms with Crippen molar-refractivity contribution in [1.29, 1.82) is 0 Å². The molecule has 0 bridgehead atoms. The van der Waals surface area contributed by atoms with Crippen molar-refractivity contribution in [2.24, 2.45) is 5.92 Å². The number of benzene rings is 1. The van der Waals surface area contributed by atoms with E-state index >= 15 is 0 Å². The van der Waals surface area contributed by atoms with Gasteiger partial charge in [0.05, 0.1) is 7.98 Å². The molecule has 0 atom stereocenters. The molecule has 1 fully saturated rings. The molecule has 2 nitrogen and oxygen atoms in total. The Labute approximate surface area is 98.0 Å². The van der Waals surface area contributed by atoms with E-state index in [0.717, 1.165) is 6.29 Å². The monoisotopic (exact) mass is 219 g/mol. The first kappa shape index (κ1) is 9.88. The molecule has 0 unspecified atom stereocenters. The van der Waals surface area contributed by atoms with E-state index in [1.54, 1.807) is 18.2 Å². The Balaban J connectivity index is 1.93. The minimum Gasteiger partial charge on any atom is -0.493 e. The van der Waals surface area contributed by atoms with E-state index in [-0.39, 0.29) is 0 Å². The summed E-state index contributed by atoms with van der Waals surface area (Å²) < 4.78 is 13.3. The maximum atomic E-state index is 10.7. The highest BCUT2D eigenvalue weighted by atomic mass is 16.5. The van der Waals surface area contributed by atoms with E-state index in [1.165, 1.54) is 32.1 Å². The van der Waals surface area contributed by atoms with Crippen molar-refractivity contribution in [3.05, 3.63) is 29.8 Å². The third-order valence-corrected chi connectivity index (χ3v) is 3.13. The summed E-state index contributed by atoms with van der Waals surface area (Å²) >= 11 is 0. The van der Waals surface area contributed by atoms with Crippen LogP contribution in [0.3, 0.4) is 0 Å². The average Bonchev–Trinajstić information content (AvgIpc) is 2.37. The molecule has 2 heteroatoms. The first-order valence-corrected chi connectivity index (χ1v) is 5.97. The summed E-state index contributed by atoms with van der Waals surface area (Å²) in [6, 6.07) is 5.23. The molecule has 0 saturated heterocycles. The lowest BCUT2D eigenvalue weighted by Gasteiger charge is -2.21. The van der Waals surface area contributed by atoms with Crippen LogP contribution in [0.15, 0.2) is 24.2 Å². The first-order valence-electron chi connectivity index (χ1n) is 6.47. The van der Waals surface area contributed by atoms with Crippen LogP contribution in [0.25, 0.3) is 0 Å². The lowest BCUT2D eigenvalue weighted by molar-refractivity contribution is 0.112. The maximum absolute atomic E-state index is 10.7. The molecule has 0 amide bonds. The number of ether oxygens (including phenoxy) is 1. The number of carbonyl (C=O) groups is 1. The van der Waals surface area contributed by atoms with Crippen molar-refractivity contribution < 1.29 is 10.9 Å². The van der Waals surface area contributed by atoms with E-state index in [0.29, 0.717) is 29.9 Å². The van der Waals surface area contributed by atoms with E-state index in [2.05, 4.69) is 0 Å². The van der Waals surface area contributed by atoms with E-state index in [9.17, 15) is 4.79 Å². The van der Waals surface area contributed by atoms with Crippen LogP contribution in [0.2, 0.25) is 0 Å². The Morgan fingerprint density at radius 2 is 2.19 bits per heavy atom. The van der Waals surface area contributed by atoms with Crippen LogP contribution in [0.1, 0.15) is 43.8 Å². The Morgan fingerprint density at radius 3 is 2.94 bits per heavy atom. The molecule has 2 rings (SSSR count). The average molecular weight is 219 g/mol. The van der Waals surface area contributed by atoms with Gasteiger partial charge in [-0.2, -0.15) is 0 Å². The van der Waals surface area contributed by atoms with Gasteiger partial charge in [-0.05, 0) is 30.9 Å². The van der Waals surface area contributed by atoms with Crippen molar-refractivity contribution in [3.63, 3.8) is 0 Å². The summed E-state index contributed by atoms with van der Waals surface area (Å²) in [5.41, 5.74) is 0.510. The molecule has 0 radical (unpaired) electrons. The maximum Gasteiger partial charge on any atom is 0.150 e. The van der Waals surface area contributed by atoms with Crippen molar-refractivity contribution in [2.45, 2.75) is 32.1 Å². The van der Waals surface area contributed by atoms with Crippen LogP contribution >= 0.6 is 0 Å². The second kappa shape index (κ2) is 5.69. The van der Waals surface area contributed by atoms with Gasteiger partial charge in [0.1, 0.15) is 12.0 Å². The van der Waals surface area contributed by atoms with Crippen LogP contribution in [0.4, 0.5) is 0 Å². The highest BCUT2D eigenvalue weighted by Crippen LogP contribution is 2.24. The van der Waals surface area contributed by atoms with Crippen molar-refractivity contribution in [2.75, 3.05) is 6.61 Å². The normalized spacial score (nSPS) is 17.9. The quantitative estimate of drug-likeness (QED) is 0.725. The molecule has 16 heavy (non-hydrogen) atoms.